The SMILES string of the molecule is CCCCCC[C@H]1CC[C@H](c2ccc(-c3cnc(Cl)nc3)cc2)CC1. The van der Waals surface area contributed by atoms with Crippen molar-refractivity contribution in [1.82, 2.24) is 9.97 Å². The van der Waals surface area contributed by atoms with Crippen LogP contribution < -0.4 is 0 Å². The van der Waals surface area contributed by atoms with Crippen LogP contribution in [0.4, 0.5) is 0 Å². The Hall–Kier alpha value is -1.41. The number of hydrogen-bond donors (Lipinski definition) is 0. The van der Waals surface area contributed by atoms with Crippen molar-refractivity contribution in [2.24, 2.45) is 5.92 Å². The molecule has 0 saturated heterocycles. The summed E-state index contributed by atoms with van der Waals surface area (Å²) >= 11 is 5.76. The van der Waals surface area contributed by atoms with E-state index in [1.807, 2.05) is 0 Å². The van der Waals surface area contributed by atoms with Crippen LogP contribution in [0.1, 0.15) is 76.2 Å². The van der Waals surface area contributed by atoms with Crippen LogP contribution in [-0.2, 0) is 0 Å². The van der Waals surface area contributed by atoms with Gasteiger partial charge in [0.05, 0.1) is 0 Å². The molecule has 1 fully saturated rings. The normalized spacial score (nSPS) is 20.6. The maximum absolute atomic E-state index is 5.76. The topological polar surface area (TPSA) is 25.8 Å². The standard InChI is InChI=1S/C22H29ClN2/c1-2-3-4-5-6-17-7-9-18(10-8-17)19-11-13-20(14-12-19)21-15-24-22(23)25-16-21/h11-18H,2-10H2,1H3/t17-,18-. The second-order valence-electron chi connectivity index (χ2n) is 7.43. The molecule has 2 aromatic rings. The van der Waals surface area contributed by atoms with Crippen molar-refractivity contribution in [3.05, 3.63) is 47.5 Å². The first-order chi connectivity index (χ1) is 12.3. The van der Waals surface area contributed by atoms with E-state index in [0.29, 0.717) is 5.28 Å². The highest BCUT2D eigenvalue weighted by atomic mass is 35.5. The number of hydrogen-bond acceptors (Lipinski definition) is 2. The van der Waals surface area contributed by atoms with E-state index in [-0.39, 0.29) is 0 Å². The molecule has 1 aliphatic carbocycles. The molecule has 1 aromatic heterocycles. The minimum atomic E-state index is 0.298. The molecule has 0 spiro atoms. The molecular weight excluding hydrogens is 328 g/mol. The first-order valence-electron chi connectivity index (χ1n) is 9.84. The molecule has 0 radical (unpaired) electrons. The van der Waals surface area contributed by atoms with Gasteiger partial charge in [0, 0.05) is 18.0 Å². The van der Waals surface area contributed by atoms with E-state index in [1.54, 1.807) is 12.4 Å². The predicted octanol–water partition coefficient (Wildman–Crippen LogP) is 7.04. The zero-order valence-electron chi connectivity index (χ0n) is 15.3. The zero-order valence-corrected chi connectivity index (χ0v) is 16.0. The van der Waals surface area contributed by atoms with E-state index < -0.39 is 0 Å². The lowest BCUT2D eigenvalue weighted by Gasteiger charge is -2.29. The molecule has 3 heteroatoms. The lowest BCUT2D eigenvalue weighted by atomic mass is 9.77. The van der Waals surface area contributed by atoms with Crippen molar-refractivity contribution in [3.63, 3.8) is 0 Å². The summed E-state index contributed by atoms with van der Waals surface area (Å²) in [4.78, 5) is 8.13. The van der Waals surface area contributed by atoms with E-state index in [0.717, 1.165) is 23.0 Å². The van der Waals surface area contributed by atoms with Gasteiger partial charge in [0.2, 0.25) is 5.28 Å². The summed E-state index contributed by atoms with van der Waals surface area (Å²) < 4.78 is 0. The first-order valence-corrected chi connectivity index (χ1v) is 10.2. The lowest BCUT2D eigenvalue weighted by molar-refractivity contribution is 0.302. The zero-order chi connectivity index (χ0) is 17.5. The second-order valence-corrected chi connectivity index (χ2v) is 7.77. The smallest absolute Gasteiger partial charge is 0.222 e. The van der Waals surface area contributed by atoms with Crippen molar-refractivity contribution in [2.45, 2.75) is 70.6 Å². The molecule has 134 valence electrons. The van der Waals surface area contributed by atoms with Gasteiger partial charge in [-0.3, -0.25) is 0 Å². The molecule has 2 nitrogen and oxygen atoms in total. The predicted molar refractivity (Wildman–Crippen MR) is 106 cm³/mol. The molecule has 1 saturated carbocycles. The van der Waals surface area contributed by atoms with Gasteiger partial charge in [-0.05, 0) is 60.2 Å². The molecule has 0 unspecified atom stereocenters. The van der Waals surface area contributed by atoms with Crippen molar-refractivity contribution in [3.8, 4) is 11.1 Å². The van der Waals surface area contributed by atoms with Gasteiger partial charge < -0.3 is 0 Å². The quantitative estimate of drug-likeness (QED) is 0.392. The summed E-state index contributed by atoms with van der Waals surface area (Å²) in [5.41, 5.74) is 3.67. The molecule has 0 bridgehead atoms. The summed E-state index contributed by atoms with van der Waals surface area (Å²) in [6, 6.07) is 8.96. The fourth-order valence-corrected chi connectivity index (χ4v) is 4.15. The number of halogens is 1. The molecule has 25 heavy (non-hydrogen) atoms. The summed E-state index contributed by atoms with van der Waals surface area (Å²) in [5.74, 6) is 1.71. The molecule has 0 aliphatic heterocycles. The Labute approximate surface area is 157 Å². The highest BCUT2D eigenvalue weighted by molar-refractivity contribution is 6.28. The van der Waals surface area contributed by atoms with Crippen molar-refractivity contribution in [1.29, 1.82) is 0 Å². The van der Waals surface area contributed by atoms with Crippen LogP contribution in [0.25, 0.3) is 11.1 Å². The van der Waals surface area contributed by atoms with Gasteiger partial charge >= 0.3 is 0 Å². The van der Waals surface area contributed by atoms with Gasteiger partial charge in [0.1, 0.15) is 0 Å². The van der Waals surface area contributed by atoms with Crippen LogP contribution in [0.3, 0.4) is 0 Å². The van der Waals surface area contributed by atoms with Crippen LogP contribution >= 0.6 is 11.6 Å². The Bertz CT molecular complexity index is 628. The Balaban J connectivity index is 1.51. The van der Waals surface area contributed by atoms with Crippen LogP contribution in [0, 0.1) is 5.92 Å². The Morgan fingerprint density at radius 1 is 0.880 bits per heavy atom. The lowest BCUT2D eigenvalue weighted by Crippen LogP contribution is -2.13. The van der Waals surface area contributed by atoms with Gasteiger partial charge in [-0.15, -0.1) is 0 Å². The minimum Gasteiger partial charge on any atom is -0.226 e. The third-order valence-electron chi connectivity index (χ3n) is 5.65. The summed E-state index contributed by atoms with van der Waals surface area (Å²) in [6.07, 6.45) is 16.1. The highest BCUT2D eigenvalue weighted by Gasteiger charge is 2.22. The van der Waals surface area contributed by atoms with E-state index >= 15 is 0 Å². The van der Waals surface area contributed by atoms with Crippen molar-refractivity contribution < 1.29 is 0 Å². The highest BCUT2D eigenvalue weighted by Crippen LogP contribution is 2.38. The van der Waals surface area contributed by atoms with Crippen molar-refractivity contribution >= 4 is 11.6 Å². The Morgan fingerprint density at radius 2 is 1.56 bits per heavy atom. The number of nitrogens with zero attached hydrogens (tertiary/aromatic N) is 2. The van der Waals surface area contributed by atoms with E-state index in [9.17, 15) is 0 Å². The third-order valence-corrected chi connectivity index (χ3v) is 5.84. The molecule has 1 aliphatic rings. The summed E-state index contributed by atoms with van der Waals surface area (Å²) in [6.45, 7) is 2.29. The number of unbranched alkanes of at least 4 members (excludes halogenated alkanes) is 3. The van der Waals surface area contributed by atoms with Crippen molar-refractivity contribution in [2.75, 3.05) is 0 Å². The largest absolute Gasteiger partial charge is 0.226 e. The number of benzene rings is 1. The molecule has 0 N–H and O–H groups in total. The monoisotopic (exact) mass is 356 g/mol. The van der Waals surface area contributed by atoms with Crippen LogP contribution in [0.15, 0.2) is 36.7 Å². The third kappa shape index (κ3) is 5.28. The number of rotatable bonds is 7. The van der Waals surface area contributed by atoms with Gasteiger partial charge in [-0.1, -0.05) is 63.3 Å². The average Bonchev–Trinajstić information content (AvgIpc) is 2.67. The van der Waals surface area contributed by atoms with Gasteiger partial charge in [0.25, 0.3) is 0 Å². The Morgan fingerprint density at radius 3 is 2.20 bits per heavy atom. The maximum atomic E-state index is 5.76. The molecule has 1 heterocycles. The fourth-order valence-electron chi connectivity index (χ4n) is 4.05. The van der Waals surface area contributed by atoms with Gasteiger partial charge in [-0.25, -0.2) is 9.97 Å². The molecular formula is C22H29ClN2. The maximum Gasteiger partial charge on any atom is 0.222 e. The summed E-state index contributed by atoms with van der Waals surface area (Å²) in [5, 5.41) is 0.298. The fraction of sp³-hybridized carbons (Fsp3) is 0.545. The van der Waals surface area contributed by atoms with Gasteiger partial charge in [-0.2, -0.15) is 0 Å². The van der Waals surface area contributed by atoms with Crippen LogP contribution in [0.2, 0.25) is 5.28 Å². The van der Waals surface area contributed by atoms with Crippen LogP contribution in [0.5, 0.6) is 0 Å². The first kappa shape index (κ1) is 18.4. The number of aromatic nitrogens is 2. The van der Waals surface area contributed by atoms with Gasteiger partial charge in [0.15, 0.2) is 0 Å². The Kier molecular flexibility index (Phi) is 6.86. The average molecular weight is 357 g/mol. The molecule has 0 amide bonds. The van der Waals surface area contributed by atoms with E-state index in [1.165, 1.54) is 63.4 Å². The molecule has 3 rings (SSSR count). The molecule has 0 atom stereocenters. The second kappa shape index (κ2) is 9.33. The minimum absolute atomic E-state index is 0.298. The summed E-state index contributed by atoms with van der Waals surface area (Å²) in [7, 11) is 0. The van der Waals surface area contributed by atoms with Crippen LogP contribution in [-0.4, -0.2) is 9.97 Å². The van der Waals surface area contributed by atoms with E-state index in [4.69, 9.17) is 11.6 Å². The van der Waals surface area contributed by atoms with E-state index in [2.05, 4.69) is 41.2 Å². The molecule has 1 aromatic carbocycles.